The summed E-state index contributed by atoms with van der Waals surface area (Å²) in [5, 5.41) is 3.79. The second-order valence-electron chi connectivity index (χ2n) is 5.56. The molecule has 0 aliphatic heterocycles. The van der Waals surface area contributed by atoms with E-state index < -0.39 is 23.8 Å². The third-order valence-electron chi connectivity index (χ3n) is 3.74. The highest BCUT2D eigenvalue weighted by Gasteiger charge is 2.20. The molecular weight excluding hydrogens is 444 g/mol. The Kier molecular flexibility index (Phi) is 5.07. The Labute approximate surface area is 156 Å². The lowest BCUT2D eigenvalue weighted by atomic mass is 10.0. The first-order chi connectivity index (χ1) is 11.9. The van der Waals surface area contributed by atoms with Crippen molar-refractivity contribution in [1.82, 2.24) is 15.0 Å². The van der Waals surface area contributed by atoms with Crippen LogP contribution in [0.15, 0.2) is 30.5 Å². The molecule has 1 unspecified atom stereocenters. The van der Waals surface area contributed by atoms with Crippen molar-refractivity contribution in [3.63, 3.8) is 0 Å². The molecule has 0 radical (unpaired) electrons. The maximum Gasteiger partial charge on any atom is 0.266 e. The number of aryl methyl sites for hydroxylation is 1. The van der Waals surface area contributed by atoms with E-state index in [1.54, 1.807) is 20.0 Å². The first-order valence-electron chi connectivity index (χ1n) is 7.49. The standard InChI is InChI=1S/C17H14F3IN4/c1-8(11-4-3-5-12(14(11)18)15(19)20)23-17-13-6-10(21)7-22-16(13)24-9(2)25-17/h3-8,15H,1-2H3,(H,22,23,24,25). The summed E-state index contributed by atoms with van der Waals surface area (Å²) < 4.78 is 41.1. The van der Waals surface area contributed by atoms with Gasteiger partial charge in [0.2, 0.25) is 0 Å². The van der Waals surface area contributed by atoms with Gasteiger partial charge in [-0.15, -0.1) is 0 Å². The number of benzene rings is 1. The Balaban J connectivity index is 2.02. The number of fused-ring (bicyclic) bond motifs is 1. The van der Waals surface area contributed by atoms with E-state index >= 15 is 0 Å². The highest BCUT2D eigenvalue weighted by Crippen LogP contribution is 2.30. The molecule has 0 aliphatic rings. The van der Waals surface area contributed by atoms with Gasteiger partial charge in [0.1, 0.15) is 17.5 Å². The molecule has 0 bridgehead atoms. The summed E-state index contributed by atoms with van der Waals surface area (Å²) in [4.78, 5) is 12.9. The molecule has 1 N–H and O–H groups in total. The molecular formula is C17H14F3IN4. The number of anilines is 1. The van der Waals surface area contributed by atoms with E-state index in [0.717, 1.165) is 9.64 Å². The molecule has 0 saturated heterocycles. The van der Waals surface area contributed by atoms with E-state index in [-0.39, 0.29) is 5.56 Å². The van der Waals surface area contributed by atoms with Gasteiger partial charge in [0, 0.05) is 15.3 Å². The van der Waals surface area contributed by atoms with Crippen molar-refractivity contribution in [1.29, 1.82) is 0 Å². The SMILES string of the molecule is Cc1nc(NC(C)c2cccc(C(F)F)c2F)c2cc(I)cnc2n1. The van der Waals surface area contributed by atoms with Crippen molar-refractivity contribution in [2.75, 3.05) is 5.32 Å². The van der Waals surface area contributed by atoms with Crippen molar-refractivity contribution < 1.29 is 13.2 Å². The van der Waals surface area contributed by atoms with Gasteiger partial charge in [-0.25, -0.2) is 28.1 Å². The van der Waals surface area contributed by atoms with E-state index in [0.29, 0.717) is 22.7 Å². The Morgan fingerprint density at radius 1 is 1.16 bits per heavy atom. The minimum absolute atomic E-state index is 0.154. The molecule has 8 heteroatoms. The smallest absolute Gasteiger partial charge is 0.266 e. The lowest BCUT2D eigenvalue weighted by molar-refractivity contribution is 0.146. The van der Waals surface area contributed by atoms with Crippen LogP contribution in [0.1, 0.15) is 36.3 Å². The van der Waals surface area contributed by atoms with Crippen molar-refractivity contribution in [3.05, 3.63) is 56.8 Å². The average Bonchev–Trinajstić information content (AvgIpc) is 2.55. The molecule has 0 saturated carbocycles. The maximum atomic E-state index is 14.4. The van der Waals surface area contributed by atoms with E-state index in [9.17, 15) is 13.2 Å². The van der Waals surface area contributed by atoms with Crippen LogP contribution in [0, 0.1) is 16.3 Å². The largest absolute Gasteiger partial charge is 0.363 e. The molecule has 2 aromatic heterocycles. The summed E-state index contributed by atoms with van der Waals surface area (Å²) in [7, 11) is 0. The third-order valence-corrected chi connectivity index (χ3v) is 4.33. The fourth-order valence-corrected chi connectivity index (χ4v) is 3.01. The predicted octanol–water partition coefficient (Wildman–Crippen LogP) is 5.19. The summed E-state index contributed by atoms with van der Waals surface area (Å²) in [6, 6.07) is 5.30. The van der Waals surface area contributed by atoms with Crippen LogP contribution in [0.2, 0.25) is 0 Å². The van der Waals surface area contributed by atoms with Gasteiger partial charge in [-0.3, -0.25) is 0 Å². The average molecular weight is 458 g/mol. The lowest BCUT2D eigenvalue weighted by Crippen LogP contribution is -2.12. The molecule has 0 fully saturated rings. The zero-order valence-corrected chi connectivity index (χ0v) is 15.6. The summed E-state index contributed by atoms with van der Waals surface area (Å²) >= 11 is 2.13. The Morgan fingerprint density at radius 2 is 1.88 bits per heavy atom. The van der Waals surface area contributed by atoms with E-state index in [2.05, 4.69) is 42.9 Å². The first-order valence-corrected chi connectivity index (χ1v) is 8.57. The van der Waals surface area contributed by atoms with Gasteiger partial charge in [0.25, 0.3) is 6.43 Å². The van der Waals surface area contributed by atoms with Crippen LogP contribution >= 0.6 is 22.6 Å². The number of halogens is 4. The van der Waals surface area contributed by atoms with Gasteiger partial charge in [0.05, 0.1) is 17.0 Å². The van der Waals surface area contributed by atoms with Crippen molar-refractivity contribution in [2.45, 2.75) is 26.3 Å². The first kappa shape index (κ1) is 17.8. The van der Waals surface area contributed by atoms with E-state index in [1.807, 2.05) is 6.07 Å². The number of rotatable bonds is 4. The number of nitrogens with one attached hydrogen (secondary N) is 1. The highest BCUT2D eigenvalue weighted by atomic mass is 127. The molecule has 1 aromatic carbocycles. The van der Waals surface area contributed by atoms with Gasteiger partial charge < -0.3 is 5.32 Å². The quantitative estimate of drug-likeness (QED) is 0.547. The molecule has 25 heavy (non-hydrogen) atoms. The topological polar surface area (TPSA) is 50.7 Å². The second kappa shape index (κ2) is 7.11. The van der Waals surface area contributed by atoms with E-state index in [4.69, 9.17) is 0 Å². The number of nitrogens with zero attached hydrogens (tertiary/aromatic N) is 3. The van der Waals surface area contributed by atoms with Crippen LogP contribution in [0.25, 0.3) is 11.0 Å². The number of pyridine rings is 1. The predicted molar refractivity (Wildman–Crippen MR) is 98.2 cm³/mol. The maximum absolute atomic E-state index is 14.4. The molecule has 2 heterocycles. The number of aromatic nitrogens is 3. The van der Waals surface area contributed by atoms with Gasteiger partial charge in [-0.05, 0) is 42.5 Å². The van der Waals surface area contributed by atoms with Crippen molar-refractivity contribution in [3.8, 4) is 0 Å². The normalized spacial score (nSPS) is 12.6. The zero-order chi connectivity index (χ0) is 18.1. The second-order valence-corrected chi connectivity index (χ2v) is 6.81. The van der Waals surface area contributed by atoms with Gasteiger partial charge >= 0.3 is 0 Å². The molecule has 4 nitrogen and oxygen atoms in total. The van der Waals surface area contributed by atoms with Crippen molar-refractivity contribution >= 4 is 39.4 Å². The Hall–Kier alpha value is -1.97. The summed E-state index contributed by atoms with van der Waals surface area (Å²) in [6.07, 6.45) is -1.17. The fraction of sp³-hybridized carbons (Fsp3) is 0.235. The van der Waals surface area contributed by atoms with Crippen molar-refractivity contribution in [2.24, 2.45) is 0 Å². The van der Waals surface area contributed by atoms with Crippen LogP contribution in [0.5, 0.6) is 0 Å². The molecule has 0 aliphatic carbocycles. The van der Waals surface area contributed by atoms with Gasteiger partial charge in [-0.2, -0.15) is 0 Å². The number of hydrogen-bond acceptors (Lipinski definition) is 4. The van der Waals surface area contributed by atoms with Crippen LogP contribution in [-0.2, 0) is 0 Å². The van der Waals surface area contributed by atoms with Gasteiger partial charge in [-0.1, -0.05) is 18.2 Å². The lowest BCUT2D eigenvalue weighted by Gasteiger charge is -2.18. The van der Waals surface area contributed by atoms with Crippen LogP contribution < -0.4 is 5.32 Å². The highest BCUT2D eigenvalue weighted by molar-refractivity contribution is 14.1. The molecule has 3 rings (SSSR count). The fourth-order valence-electron chi connectivity index (χ4n) is 2.56. The minimum atomic E-state index is -2.86. The number of hydrogen-bond donors (Lipinski definition) is 1. The monoisotopic (exact) mass is 458 g/mol. The van der Waals surface area contributed by atoms with Gasteiger partial charge in [0.15, 0.2) is 5.65 Å². The van der Waals surface area contributed by atoms with Crippen LogP contribution in [0.3, 0.4) is 0 Å². The molecule has 0 amide bonds. The Morgan fingerprint density at radius 3 is 2.60 bits per heavy atom. The minimum Gasteiger partial charge on any atom is -0.363 e. The molecule has 1 atom stereocenters. The summed E-state index contributed by atoms with van der Waals surface area (Å²) in [5.74, 6) is 0.0980. The Bertz CT molecular complexity index is 933. The zero-order valence-electron chi connectivity index (χ0n) is 13.4. The van der Waals surface area contributed by atoms with Crippen LogP contribution in [-0.4, -0.2) is 15.0 Å². The van der Waals surface area contributed by atoms with E-state index in [1.165, 1.54) is 12.1 Å². The number of alkyl halides is 2. The summed E-state index contributed by atoms with van der Waals surface area (Å²) in [5.41, 5.74) is 0.0660. The molecule has 3 aromatic rings. The van der Waals surface area contributed by atoms with Crippen LogP contribution in [0.4, 0.5) is 19.0 Å². The third kappa shape index (κ3) is 3.68. The molecule has 130 valence electrons. The molecule has 0 spiro atoms. The summed E-state index contributed by atoms with van der Waals surface area (Å²) in [6.45, 7) is 3.42.